The van der Waals surface area contributed by atoms with Gasteiger partial charge in [0.1, 0.15) is 6.10 Å². The second-order valence-electron chi connectivity index (χ2n) is 9.47. The Labute approximate surface area is 213 Å². The summed E-state index contributed by atoms with van der Waals surface area (Å²) in [6, 6.07) is 5.15. The fourth-order valence-electron chi connectivity index (χ4n) is 5.41. The number of Topliss-reactive ketones (excluding diaryl/α,β-unsaturated/α-hetero) is 1. The Morgan fingerprint density at radius 3 is 2.60 bits per heavy atom. The lowest BCUT2D eigenvalue weighted by Gasteiger charge is -2.37. The Hall–Kier alpha value is -2.25. The molecule has 0 radical (unpaired) electrons. The number of fused-ring (bicyclic) bond motifs is 1. The van der Waals surface area contributed by atoms with Crippen molar-refractivity contribution in [3.05, 3.63) is 35.1 Å². The van der Waals surface area contributed by atoms with E-state index in [1.165, 1.54) is 0 Å². The van der Waals surface area contributed by atoms with Gasteiger partial charge in [-0.2, -0.15) is 0 Å². The summed E-state index contributed by atoms with van der Waals surface area (Å²) in [6.07, 6.45) is 2.67. The highest BCUT2D eigenvalue weighted by molar-refractivity contribution is 6.21. The summed E-state index contributed by atoms with van der Waals surface area (Å²) in [5.41, 5.74) is 1.28. The van der Waals surface area contributed by atoms with Crippen LogP contribution in [0.5, 0.6) is 11.5 Å². The first-order chi connectivity index (χ1) is 16.9. The number of amides is 1. The highest BCUT2D eigenvalue weighted by Gasteiger charge is 2.52. The third-order valence-corrected chi connectivity index (χ3v) is 7.79. The third-order valence-electron chi connectivity index (χ3n) is 7.40. The first-order valence-corrected chi connectivity index (χ1v) is 13.3. The summed E-state index contributed by atoms with van der Waals surface area (Å²) in [6.45, 7) is 9.84. The molecule has 0 saturated heterocycles. The minimum Gasteiger partial charge on any atom is -0.493 e. The smallest absolute Gasteiger partial charge is 0.290 e. The maximum atomic E-state index is 13.8. The summed E-state index contributed by atoms with van der Waals surface area (Å²) >= 11 is 6.43. The van der Waals surface area contributed by atoms with Gasteiger partial charge >= 0.3 is 0 Å². The number of likely N-dealkylation sites (N-methyl/N-ethyl adjacent to an activating group) is 1. The average Bonchev–Trinajstić information content (AvgIpc) is 3.15. The van der Waals surface area contributed by atoms with Gasteiger partial charge in [0.2, 0.25) is 0 Å². The van der Waals surface area contributed by atoms with Gasteiger partial charge in [-0.15, -0.1) is 11.6 Å². The minimum atomic E-state index is -0.522. The van der Waals surface area contributed by atoms with Crippen LogP contribution >= 0.6 is 11.6 Å². The van der Waals surface area contributed by atoms with Gasteiger partial charge in [-0.05, 0) is 56.5 Å². The number of ketones is 1. The molecule has 1 aromatic carbocycles. The second kappa shape index (κ2) is 11.2. The van der Waals surface area contributed by atoms with Crippen LogP contribution in [-0.4, -0.2) is 72.9 Å². The molecule has 4 atom stereocenters. The van der Waals surface area contributed by atoms with E-state index in [2.05, 4.69) is 18.7 Å². The zero-order valence-electron chi connectivity index (χ0n) is 21.2. The van der Waals surface area contributed by atoms with Gasteiger partial charge in [-0.25, -0.2) is 0 Å². The predicted molar refractivity (Wildman–Crippen MR) is 135 cm³/mol. The van der Waals surface area contributed by atoms with Crippen molar-refractivity contribution >= 4 is 23.3 Å². The summed E-state index contributed by atoms with van der Waals surface area (Å²) < 4.78 is 17.7. The Morgan fingerprint density at radius 1 is 1.14 bits per heavy atom. The number of nitrogens with zero attached hydrogens (tertiary/aromatic N) is 2. The van der Waals surface area contributed by atoms with Crippen molar-refractivity contribution in [3.63, 3.8) is 0 Å². The van der Waals surface area contributed by atoms with Crippen LogP contribution in [0, 0.1) is 5.92 Å². The lowest BCUT2D eigenvalue weighted by atomic mass is 9.77. The van der Waals surface area contributed by atoms with Crippen molar-refractivity contribution in [2.24, 2.45) is 5.92 Å². The van der Waals surface area contributed by atoms with Crippen molar-refractivity contribution < 1.29 is 23.8 Å². The van der Waals surface area contributed by atoms with Crippen molar-refractivity contribution in [2.45, 2.75) is 64.0 Å². The molecule has 4 unspecified atom stereocenters. The van der Waals surface area contributed by atoms with Crippen LogP contribution < -0.4 is 9.47 Å². The Balaban J connectivity index is 1.73. The fraction of sp³-hybridized carbons (Fsp3) is 0.630. The molecule has 2 heterocycles. The molecule has 0 spiro atoms. The van der Waals surface area contributed by atoms with E-state index in [0.717, 1.165) is 38.0 Å². The zero-order chi connectivity index (χ0) is 25.1. The largest absolute Gasteiger partial charge is 0.493 e. The molecule has 0 aromatic heterocycles. The van der Waals surface area contributed by atoms with Crippen LogP contribution in [0.4, 0.5) is 0 Å². The number of carbonyl (C=O) groups excluding carboxylic acids is 2. The van der Waals surface area contributed by atoms with Crippen molar-refractivity contribution in [1.29, 1.82) is 0 Å². The zero-order valence-corrected chi connectivity index (χ0v) is 22.0. The van der Waals surface area contributed by atoms with Crippen LogP contribution in [0.2, 0.25) is 0 Å². The van der Waals surface area contributed by atoms with E-state index in [9.17, 15) is 9.59 Å². The van der Waals surface area contributed by atoms with Crippen LogP contribution in [-0.2, 0) is 14.3 Å². The first kappa shape index (κ1) is 25.8. The van der Waals surface area contributed by atoms with Gasteiger partial charge in [-0.1, -0.05) is 26.8 Å². The maximum absolute atomic E-state index is 13.8. The molecule has 0 N–H and O–H groups in total. The number of hydrogen-bond donors (Lipinski definition) is 0. The monoisotopic (exact) mass is 504 g/mol. The van der Waals surface area contributed by atoms with E-state index in [0.29, 0.717) is 43.1 Å². The summed E-state index contributed by atoms with van der Waals surface area (Å²) in [7, 11) is 1.60. The standard InChI is InChI=1S/C27H37ClN2O5/c1-5-14-34-21-10-8-17(15-22(21)33-4)24-23-25(31)19-16-18(28)9-11-20(19)35-26(23)27(32)30(24)13-12-29(6-2)7-3/h8,10,15,18-20,24H,5-7,9,11-14,16H2,1-4H3. The lowest BCUT2D eigenvalue weighted by Crippen LogP contribution is -2.41. The number of ether oxygens (including phenoxy) is 3. The molecule has 3 aliphatic rings. The van der Waals surface area contributed by atoms with Crippen LogP contribution in [0.3, 0.4) is 0 Å². The quantitative estimate of drug-likeness (QED) is 0.441. The van der Waals surface area contributed by atoms with Crippen molar-refractivity contribution in [2.75, 3.05) is 39.9 Å². The molecule has 1 amide bonds. The molecule has 0 bridgehead atoms. The van der Waals surface area contributed by atoms with E-state index in [4.69, 9.17) is 25.8 Å². The molecule has 4 rings (SSSR count). The molecular formula is C27H37ClN2O5. The number of hydrogen-bond acceptors (Lipinski definition) is 6. The van der Waals surface area contributed by atoms with Crippen molar-refractivity contribution in [3.8, 4) is 11.5 Å². The summed E-state index contributed by atoms with van der Waals surface area (Å²) in [5.74, 6) is 0.936. The van der Waals surface area contributed by atoms with Crippen molar-refractivity contribution in [1.82, 2.24) is 9.80 Å². The molecule has 2 aliphatic heterocycles. The minimum absolute atomic E-state index is 0.00411. The number of alkyl halides is 1. The Bertz CT molecular complexity index is 976. The number of rotatable bonds is 10. The van der Waals surface area contributed by atoms with Gasteiger partial charge in [-0.3, -0.25) is 9.59 Å². The van der Waals surface area contributed by atoms with Gasteiger partial charge in [0.25, 0.3) is 5.91 Å². The normalized spacial score (nSPS) is 26.1. The fourth-order valence-corrected chi connectivity index (χ4v) is 5.73. The van der Waals surface area contributed by atoms with E-state index < -0.39 is 6.04 Å². The topological polar surface area (TPSA) is 68.3 Å². The lowest BCUT2D eigenvalue weighted by molar-refractivity contribution is -0.135. The number of benzene rings is 1. The summed E-state index contributed by atoms with van der Waals surface area (Å²) in [4.78, 5) is 31.5. The Kier molecular flexibility index (Phi) is 8.27. The van der Waals surface area contributed by atoms with Crippen LogP contribution in [0.1, 0.15) is 58.1 Å². The highest BCUT2D eigenvalue weighted by Crippen LogP contribution is 2.48. The Morgan fingerprint density at radius 2 is 1.91 bits per heavy atom. The molecule has 192 valence electrons. The molecule has 35 heavy (non-hydrogen) atoms. The molecule has 8 heteroatoms. The van der Waals surface area contributed by atoms with E-state index >= 15 is 0 Å². The first-order valence-electron chi connectivity index (χ1n) is 12.9. The molecule has 1 fully saturated rings. The molecule has 1 aromatic rings. The number of carbonyl (C=O) groups is 2. The van der Waals surface area contributed by atoms with Gasteiger partial charge in [0.05, 0.1) is 31.2 Å². The van der Waals surface area contributed by atoms with Crippen LogP contribution in [0.25, 0.3) is 0 Å². The molecule has 1 aliphatic carbocycles. The van der Waals surface area contributed by atoms with Gasteiger partial charge in [0, 0.05) is 18.5 Å². The number of methoxy groups -OCH3 is 1. The van der Waals surface area contributed by atoms with Gasteiger partial charge in [0.15, 0.2) is 23.0 Å². The molecule has 1 saturated carbocycles. The van der Waals surface area contributed by atoms with E-state index in [-0.39, 0.29) is 34.8 Å². The number of halogens is 1. The summed E-state index contributed by atoms with van der Waals surface area (Å²) in [5, 5.41) is -0.0460. The van der Waals surface area contributed by atoms with Gasteiger partial charge < -0.3 is 24.0 Å². The molecule has 7 nitrogen and oxygen atoms in total. The van der Waals surface area contributed by atoms with Crippen LogP contribution in [0.15, 0.2) is 29.5 Å². The second-order valence-corrected chi connectivity index (χ2v) is 10.1. The maximum Gasteiger partial charge on any atom is 0.290 e. The van der Waals surface area contributed by atoms with E-state index in [1.807, 2.05) is 25.1 Å². The third kappa shape index (κ3) is 5.03. The molecular weight excluding hydrogens is 468 g/mol. The predicted octanol–water partition coefficient (Wildman–Crippen LogP) is 4.34. The van der Waals surface area contributed by atoms with E-state index in [1.54, 1.807) is 12.0 Å². The highest BCUT2D eigenvalue weighted by atomic mass is 35.5. The average molecular weight is 505 g/mol. The SMILES string of the molecule is CCCOc1ccc(C2C3=C(OC4CCC(Cl)CC4C3=O)C(=O)N2CCN(CC)CC)cc1OC.